The number of carboxylic acid groups (broad SMARTS) is 1. The molecule has 0 aromatic carbocycles. The molecule has 3 N–H and O–H groups in total. The van der Waals surface area contributed by atoms with Crippen molar-refractivity contribution in [2.45, 2.75) is 32.7 Å². The van der Waals surface area contributed by atoms with Crippen LogP contribution in [0.3, 0.4) is 0 Å². The van der Waals surface area contributed by atoms with Crippen LogP contribution in [0.4, 0.5) is 0 Å². The minimum Gasteiger partial charge on any atom is -0.481 e. The minimum atomic E-state index is -0.773. The molecular formula is C13H24N2O4. The van der Waals surface area contributed by atoms with E-state index in [0.29, 0.717) is 25.9 Å². The number of hydrogen-bond donors (Lipinski definition) is 3. The van der Waals surface area contributed by atoms with E-state index < -0.39 is 5.97 Å². The molecule has 110 valence electrons. The molecule has 19 heavy (non-hydrogen) atoms. The maximum Gasteiger partial charge on any atom is 0.306 e. The Morgan fingerprint density at radius 3 is 2.32 bits per heavy atom. The maximum absolute atomic E-state index is 12.0. The Kier molecular flexibility index (Phi) is 6.24. The van der Waals surface area contributed by atoms with Crippen molar-refractivity contribution in [3.63, 3.8) is 0 Å². The molecule has 0 radical (unpaired) electrons. The Morgan fingerprint density at radius 1 is 1.32 bits per heavy atom. The van der Waals surface area contributed by atoms with Gasteiger partial charge in [-0.15, -0.1) is 0 Å². The van der Waals surface area contributed by atoms with Crippen LogP contribution in [0, 0.1) is 11.8 Å². The van der Waals surface area contributed by atoms with Crippen LogP contribution < -0.4 is 5.32 Å². The van der Waals surface area contributed by atoms with Crippen LogP contribution in [0.5, 0.6) is 0 Å². The summed E-state index contributed by atoms with van der Waals surface area (Å²) in [6, 6.07) is -0.0829. The smallest absolute Gasteiger partial charge is 0.306 e. The first-order chi connectivity index (χ1) is 8.95. The van der Waals surface area contributed by atoms with Crippen molar-refractivity contribution >= 4 is 11.9 Å². The highest BCUT2D eigenvalue weighted by atomic mass is 16.4. The quantitative estimate of drug-likeness (QED) is 0.629. The van der Waals surface area contributed by atoms with Crippen LogP contribution >= 0.6 is 0 Å². The highest BCUT2D eigenvalue weighted by molar-refractivity contribution is 5.79. The van der Waals surface area contributed by atoms with Crippen LogP contribution in [0.15, 0.2) is 0 Å². The van der Waals surface area contributed by atoms with E-state index in [1.54, 1.807) is 4.90 Å². The highest BCUT2D eigenvalue weighted by Gasteiger charge is 2.27. The lowest BCUT2D eigenvalue weighted by molar-refractivity contribution is -0.145. The van der Waals surface area contributed by atoms with Crippen molar-refractivity contribution in [2.75, 3.05) is 26.2 Å². The van der Waals surface area contributed by atoms with E-state index in [4.69, 9.17) is 10.2 Å². The summed E-state index contributed by atoms with van der Waals surface area (Å²) >= 11 is 0. The summed E-state index contributed by atoms with van der Waals surface area (Å²) in [5.41, 5.74) is 0. The Bertz CT molecular complexity index is 312. The summed E-state index contributed by atoms with van der Waals surface area (Å²) in [5, 5.41) is 21.1. The average Bonchev–Trinajstić information content (AvgIpc) is 2.38. The lowest BCUT2D eigenvalue weighted by atomic mass is 9.97. The normalized spacial score (nSPS) is 18.6. The molecule has 1 aliphatic heterocycles. The van der Waals surface area contributed by atoms with Gasteiger partial charge in [-0.2, -0.15) is 0 Å². The van der Waals surface area contributed by atoms with E-state index in [2.05, 4.69) is 5.32 Å². The molecule has 1 fully saturated rings. The summed E-state index contributed by atoms with van der Waals surface area (Å²) in [5.74, 6) is -0.860. The predicted octanol–water partition coefficient (Wildman–Crippen LogP) is -0.0839. The number of rotatable bonds is 6. The van der Waals surface area contributed by atoms with E-state index in [0.717, 1.165) is 0 Å². The van der Waals surface area contributed by atoms with Gasteiger partial charge < -0.3 is 20.4 Å². The number of nitrogens with one attached hydrogen (secondary N) is 1. The maximum atomic E-state index is 12.0. The van der Waals surface area contributed by atoms with Gasteiger partial charge in [-0.25, -0.2) is 0 Å². The van der Waals surface area contributed by atoms with Crippen molar-refractivity contribution in [1.82, 2.24) is 10.2 Å². The summed E-state index contributed by atoms with van der Waals surface area (Å²) in [7, 11) is 0. The van der Waals surface area contributed by atoms with E-state index in [1.165, 1.54) is 0 Å². The zero-order valence-electron chi connectivity index (χ0n) is 11.6. The molecule has 6 nitrogen and oxygen atoms in total. The second-order valence-electron chi connectivity index (χ2n) is 5.41. The van der Waals surface area contributed by atoms with E-state index in [9.17, 15) is 9.59 Å². The van der Waals surface area contributed by atoms with Gasteiger partial charge in [-0.1, -0.05) is 13.8 Å². The number of carboxylic acids is 1. The third-order valence-electron chi connectivity index (χ3n) is 3.71. The Morgan fingerprint density at radius 2 is 1.89 bits per heavy atom. The second kappa shape index (κ2) is 7.45. The van der Waals surface area contributed by atoms with Crippen molar-refractivity contribution in [3.8, 4) is 0 Å². The number of aliphatic hydroxyl groups excluding tert-OH is 1. The van der Waals surface area contributed by atoms with Gasteiger partial charge in [0, 0.05) is 19.1 Å². The van der Waals surface area contributed by atoms with Gasteiger partial charge in [0.2, 0.25) is 5.91 Å². The molecule has 0 spiro atoms. The van der Waals surface area contributed by atoms with Crippen molar-refractivity contribution < 1.29 is 19.8 Å². The fourth-order valence-corrected chi connectivity index (χ4v) is 2.22. The third-order valence-corrected chi connectivity index (χ3v) is 3.71. The molecule has 1 saturated heterocycles. The largest absolute Gasteiger partial charge is 0.481 e. The molecule has 0 aromatic rings. The number of likely N-dealkylation sites (tertiary alicyclic amines) is 1. The minimum absolute atomic E-state index is 0.00599. The zero-order chi connectivity index (χ0) is 14.4. The lowest BCUT2D eigenvalue weighted by Crippen LogP contribution is -2.47. The van der Waals surface area contributed by atoms with E-state index in [-0.39, 0.29) is 36.9 Å². The molecule has 0 saturated carbocycles. The Labute approximate surface area is 113 Å². The summed E-state index contributed by atoms with van der Waals surface area (Å²) in [4.78, 5) is 24.5. The average molecular weight is 272 g/mol. The molecule has 1 aliphatic rings. The number of nitrogens with zero attached hydrogens (tertiary/aromatic N) is 1. The first-order valence-electron chi connectivity index (χ1n) is 6.80. The molecule has 1 amide bonds. The SMILES string of the molecule is CC(C)C(CO)NCC(=O)N1CCC(C(=O)O)CC1. The standard InChI is InChI=1S/C13H24N2O4/c1-9(2)11(8-16)14-7-12(17)15-5-3-10(4-6-15)13(18)19/h9-11,14,16H,3-8H2,1-2H3,(H,18,19). The number of amides is 1. The predicted molar refractivity (Wildman–Crippen MR) is 70.7 cm³/mol. The van der Waals surface area contributed by atoms with Crippen LogP contribution in [0.2, 0.25) is 0 Å². The fraction of sp³-hybridized carbons (Fsp3) is 0.846. The van der Waals surface area contributed by atoms with Crippen molar-refractivity contribution in [2.24, 2.45) is 11.8 Å². The van der Waals surface area contributed by atoms with Gasteiger partial charge in [0.1, 0.15) is 0 Å². The van der Waals surface area contributed by atoms with E-state index in [1.807, 2.05) is 13.8 Å². The third kappa shape index (κ3) is 4.80. The molecular weight excluding hydrogens is 248 g/mol. The Hall–Kier alpha value is -1.14. The number of piperidine rings is 1. The molecule has 1 atom stereocenters. The van der Waals surface area contributed by atoms with Crippen LogP contribution in [0.1, 0.15) is 26.7 Å². The molecule has 0 aromatic heterocycles. The number of aliphatic hydroxyl groups is 1. The zero-order valence-corrected chi connectivity index (χ0v) is 11.6. The monoisotopic (exact) mass is 272 g/mol. The molecule has 0 aliphatic carbocycles. The topological polar surface area (TPSA) is 89.9 Å². The van der Waals surface area contributed by atoms with Gasteiger partial charge in [0.15, 0.2) is 0 Å². The molecule has 1 rings (SSSR count). The van der Waals surface area contributed by atoms with Crippen molar-refractivity contribution in [3.05, 3.63) is 0 Å². The second-order valence-corrected chi connectivity index (χ2v) is 5.41. The summed E-state index contributed by atoms with van der Waals surface area (Å²) < 4.78 is 0. The van der Waals surface area contributed by atoms with Gasteiger partial charge >= 0.3 is 5.97 Å². The van der Waals surface area contributed by atoms with Gasteiger partial charge in [0.25, 0.3) is 0 Å². The number of aliphatic carboxylic acids is 1. The van der Waals surface area contributed by atoms with Crippen LogP contribution in [0.25, 0.3) is 0 Å². The molecule has 6 heteroatoms. The van der Waals surface area contributed by atoms with E-state index >= 15 is 0 Å². The van der Waals surface area contributed by atoms with Crippen molar-refractivity contribution in [1.29, 1.82) is 0 Å². The first kappa shape index (κ1) is 15.9. The first-order valence-corrected chi connectivity index (χ1v) is 6.80. The Balaban J connectivity index is 2.33. The molecule has 1 unspecified atom stereocenters. The number of hydrogen-bond acceptors (Lipinski definition) is 4. The highest BCUT2D eigenvalue weighted by Crippen LogP contribution is 2.17. The van der Waals surface area contributed by atoms with Crippen LogP contribution in [-0.4, -0.2) is 59.3 Å². The van der Waals surface area contributed by atoms with Gasteiger partial charge in [-0.3, -0.25) is 9.59 Å². The van der Waals surface area contributed by atoms with Crippen LogP contribution in [-0.2, 0) is 9.59 Å². The molecule has 1 heterocycles. The fourth-order valence-electron chi connectivity index (χ4n) is 2.22. The lowest BCUT2D eigenvalue weighted by Gasteiger charge is -2.31. The number of carbonyl (C=O) groups is 2. The summed E-state index contributed by atoms with van der Waals surface area (Å²) in [6.45, 7) is 5.17. The molecule has 0 bridgehead atoms. The van der Waals surface area contributed by atoms with Gasteiger partial charge in [-0.05, 0) is 18.8 Å². The number of carbonyl (C=O) groups excluding carboxylic acids is 1. The van der Waals surface area contributed by atoms with Gasteiger partial charge in [0.05, 0.1) is 19.1 Å². The summed E-state index contributed by atoms with van der Waals surface area (Å²) in [6.07, 6.45) is 1.05.